The van der Waals surface area contributed by atoms with Crippen molar-refractivity contribution in [2.75, 3.05) is 0 Å². The van der Waals surface area contributed by atoms with Gasteiger partial charge in [0.1, 0.15) is 17.2 Å². The molecule has 0 bridgehead atoms. The second-order valence-corrected chi connectivity index (χ2v) is 8.99. The fraction of sp³-hybridized carbons (Fsp3) is 0.280. The lowest BCUT2D eigenvalue weighted by molar-refractivity contribution is 0.365. The van der Waals surface area contributed by atoms with Crippen molar-refractivity contribution in [2.24, 2.45) is 0 Å². The molecule has 3 heterocycles. The third-order valence-electron chi connectivity index (χ3n) is 6.47. The van der Waals surface area contributed by atoms with Gasteiger partial charge >= 0.3 is 0 Å². The number of nitrogens with zero attached hydrogens (tertiary/aromatic N) is 5. The van der Waals surface area contributed by atoms with Crippen LogP contribution in [0.15, 0.2) is 59.7 Å². The van der Waals surface area contributed by atoms with Crippen LogP contribution in [0.25, 0.3) is 33.2 Å². The molecule has 0 amide bonds. The highest BCUT2D eigenvalue weighted by atomic mass is 35.5. The van der Waals surface area contributed by atoms with E-state index in [2.05, 4.69) is 4.57 Å². The van der Waals surface area contributed by atoms with Gasteiger partial charge in [0.15, 0.2) is 11.3 Å². The first-order valence-corrected chi connectivity index (χ1v) is 11.5. The molecular weight excluding hydrogens is 422 g/mol. The molecule has 0 radical (unpaired) electrons. The Morgan fingerprint density at radius 2 is 1.62 bits per heavy atom. The summed E-state index contributed by atoms with van der Waals surface area (Å²) in [5, 5.41) is 1.23. The first kappa shape index (κ1) is 19.4. The van der Waals surface area contributed by atoms with E-state index in [-0.39, 0.29) is 5.56 Å². The van der Waals surface area contributed by atoms with Crippen molar-refractivity contribution < 1.29 is 0 Å². The first-order valence-electron chi connectivity index (χ1n) is 11.1. The smallest absolute Gasteiger partial charge is 0.265 e. The maximum atomic E-state index is 13.7. The van der Waals surface area contributed by atoms with Gasteiger partial charge in [0.2, 0.25) is 0 Å². The van der Waals surface area contributed by atoms with E-state index in [1.807, 2.05) is 48.5 Å². The fourth-order valence-electron chi connectivity index (χ4n) is 4.88. The van der Waals surface area contributed by atoms with Crippen molar-refractivity contribution in [3.63, 3.8) is 0 Å². The van der Waals surface area contributed by atoms with E-state index in [1.165, 1.54) is 19.3 Å². The summed E-state index contributed by atoms with van der Waals surface area (Å²) < 4.78 is 3.82. The zero-order valence-electron chi connectivity index (χ0n) is 17.5. The van der Waals surface area contributed by atoms with Gasteiger partial charge in [0, 0.05) is 11.1 Å². The lowest BCUT2D eigenvalue weighted by Crippen LogP contribution is -2.22. The maximum absolute atomic E-state index is 13.7. The monoisotopic (exact) mass is 443 g/mol. The van der Waals surface area contributed by atoms with Gasteiger partial charge in [-0.2, -0.15) is 0 Å². The lowest BCUT2D eigenvalue weighted by Gasteiger charge is -2.24. The van der Waals surface area contributed by atoms with Crippen LogP contribution >= 0.6 is 11.6 Å². The Morgan fingerprint density at radius 1 is 0.906 bits per heavy atom. The van der Waals surface area contributed by atoms with E-state index in [0.29, 0.717) is 34.2 Å². The van der Waals surface area contributed by atoms with Crippen molar-refractivity contribution in [3.8, 4) is 0 Å². The standard InChI is InChI=1S/C25H22ClN5O/c26-17-12-10-16(11-13-17)14-30-15-27-23-21(25(30)32)22-24(31(23)18-6-2-1-3-7-18)29-20-9-5-4-8-19(20)28-22/h4-5,8-13,15,18H,1-3,6-7,14H2. The summed E-state index contributed by atoms with van der Waals surface area (Å²) in [4.78, 5) is 28.3. The number of para-hydroxylation sites is 2. The number of hydrogen-bond acceptors (Lipinski definition) is 4. The van der Waals surface area contributed by atoms with E-state index >= 15 is 0 Å². The Labute approximate surface area is 189 Å². The zero-order valence-corrected chi connectivity index (χ0v) is 18.3. The highest BCUT2D eigenvalue weighted by Crippen LogP contribution is 2.35. The summed E-state index contributed by atoms with van der Waals surface area (Å²) in [6.07, 6.45) is 7.41. The largest absolute Gasteiger partial charge is 0.305 e. The van der Waals surface area contributed by atoms with Crippen LogP contribution in [0.4, 0.5) is 0 Å². The second-order valence-electron chi connectivity index (χ2n) is 8.55. The first-order chi connectivity index (χ1) is 15.7. The Bertz CT molecular complexity index is 1510. The van der Waals surface area contributed by atoms with Crippen molar-refractivity contribution in [1.82, 2.24) is 24.1 Å². The number of aromatic nitrogens is 5. The number of benzene rings is 2. The molecule has 1 aliphatic rings. The van der Waals surface area contributed by atoms with E-state index in [0.717, 1.165) is 35.1 Å². The predicted octanol–water partition coefficient (Wildman–Crippen LogP) is 5.50. The molecule has 6 nitrogen and oxygen atoms in total. The Morgan fingerprint density at radius 3 is 2.38 bits per heavy atom. The quantitative estimate of drug-likeness (QED) is 0.369. The van der Waals surface area contributed by atoms with Crippen LogP contribution in [0.1, 0.15) is 43.7 Å². The topological polar surface area (TPSA) is 65.6 Å². The minimum absolute atomic E-state index is 0.0888. The summed E-state index contributed by atoms with van der Waals surface area (Å²) in [5.41, 5.74) is 4.63. The van der Waals surface area contributed by atoms with E-state index in [1.54, 1.807) is 10.9 Å². The maximum Gasteiger partial charge on any atom is 0.265 e. The molecule has 7 heteroatoms. The summed E-state index contributed by atoms with van der Waals surface area (Å²) in [7, 11) is 0. The van der Waals surface area contributed by atoms with Crippen LogP contribution < -0.4 is 5.56 Å². The molecule has 1 saturated carbocycles. The average Bonchev–Trinajstić information content (AvgIpc) is 3.15. The van der Waals surface area contributed by atoms with Crippen LogP contribution in [0.2, 0.25) is 5.02 Å². The highest BCUT2D eigenvalue weighted by molar-refractivity contribution is 6.30. The predicted molar refractivity (Wildman–Crippen MR) is 127 cm³/mol. The normalized spacial score (nSPS) is 15.2. The van der Waals surface area contributed by atoms with Gasteiger partial charge in [-0.1, -0.05) is 55.1 Å². The summed E-state index contributed by atoms with van der Waals surface area (Å²) in [6.45, 7) is 0.427. The van der Waals surface area contributed by atoms with E-state index < -0.39 is 0 Å². The van der Waals surface area contributed by atoms with Gasteiger partial charge in [-0.05, 0) is 42.7 Å². The molecule has 0 unspecified atom stereocenters. The molecule has 5 aromatic rings. The average molecular weight is 444 g/mol. The fourth-order valence-corrected chi connectivity index (χ4v) is 5.01. The summed E-state index contributed by atoms with van der Waals surface area (Å²) in [6, 6.07) is 15.6. The van der Waals surface area contributed by atoms with Gasteiger partial charge < -0.3 is 4.57 Å². The minimum atomic E-state index is -0.0888. The number of halogens is 1. The van der Waals surface area contributed by atoms with Crippen LogP contribution in [0, 0.1) is 0 Å². The zero-order chi connectivity index (χ0) is 21.7. The highest BCUT2D eigenvalue weighted by Gasteiger charge is 2.25. The van der Waals surface area contributed by atoms with Gasteiger partial charge in [0.05, 0.1) is 17.6 Å². The van der Waals surface area contributed by atoms with Crippen molar-refractivity contribution in [2.45, 2.75) is 44.7 Å². The summed E-state index contributed by atoms with van der Waals surface area (Å²) >= 11 is 6.01. The molecule has 3 aromatic heterocycles. The molecule has 160 valence electrons. The van der Waals surface area contributed by atoms with Crippen LogP contribution in [-0.4, -0.2) is 24.1 Å². The number of rotatable bonds is 3. The molecule has 0 spiro atoms. The molecule has 0 saturated heterocycles. The van der Waals surface area contributed by atoms with E-state index in [4.69, 9.17) is 26.6 Å². The van der Waals surface area contributed by atoms with Crippen molar-refractivity contribution in [3.05, 3.63) is 75.8 Å². The molecule has 2 aromatic carbocycles. The Hall–Kier alpha value is -3.25. The lowest BCUT2D eigenvalue weighted by atomic mass is 9.95. The molecule has 0 aliphatic heterocycles. The van der Waals surface area contributed by atoms with Crippen LogP contribution in [0.5, 0.6) is 0 Å². The SMILES string of the molecule is O=c1c2c3nc4ccccc4nc3n(C3CCCCC3)c2ncn1Cc1ccc(Cl)cc1. The van der Waals surface area contributed by atoms with Gasteiger partial charge in [-0.15, -0.1) is 0 Å². The Kier molecular flexibility index (Phi) is 4.68. The minimum Gasteiger partial charge on any atom is -0.305 e. The number of hydrogen-bond donors (Lipinski definition) is 0. The molecule has 32 heavy (non-hydrogen) atoms. The van der Waals surface area contributed by atoms with Crippen molar-refractivity contribution in [1.29, 1.82) is 0 Å². The second kappa shape index (κ2) is 7.71. The molecule has 6 rings (SSSR count). The van der Waals surface area contributed by atoms with Gasteiger partial charge in [0.25, 0.3) is 5.56 Å². The third kappa shape index (κ3) is 3.17. The van der Waals surface area contributed by atoms with Crippen LogP contribution in [-0.2, 0) is 6.54 Å². The van der Waals surface area contributed by atoms with E-state index in [9.17, 15) is 4.79 Å². The molecule has 1 aliphatic carbocycles. The Balaban J connectivity index is 1.61. The molecule has 0 N–H and O–H groups in total. The van der Waals surface area contributed by atoms with Gasteiger partial charge in [-0.3, -0.25) is 9.36 Å². The van der Waals surface area contributed by atoms with Crippen molar-refractivity contribution >= 4 is 44.8 Å². The third-order valence-corrected chi connectivity index (χ3v) is 6.72. The van der Waals surface area contributed by atoms with Gasteiger partial charge in [-0.25, -0.2) is 15.0 Å². The van der Waals surface area contributed by atoms with Crippen LogP contribution in [0.3, 0.4) is 0 Å². The summed E-state index contributed by atoms with van der Waals surface area (Å²) in [5.74, 6) is 0. The molecule has 0 atom stereocenters. The number of fused-ring (bicyclic) bond motifs is 4. The molecule has 1 fully saturated rings. The molecular formula is C25H22ClN5O.